The van der Waals surface area contributed by atoms with Crippen LogP contribution in [0.3, 0.4) is 0 Å². The van der Waals surface area contributed by atoms with Crippen LogP contribution < -0.4 is 0 Å². The second-order valence-corrected chi connectivity index (χ2v) is 5.86. The van der Waals surface area contributed by atoms with Gasteiger partial charge in [-0.15, -0.1) is 0 Å². The van der Waals surface area contributed by atoms with E-state index < -0.39 is 0 Å². The predicted molar refractivity (Wildman–Crippen MR) is 68.7 cm³/mol. The molecule has 0 N–H and O–H groups in total. The van der Waals surface area contributed by atoms with Gasteiger partial charge in [0, 0.05) is 26.8 Å². The van der Waals surface area contributed by atoms with Crippen molar-refractivity contribution >= 4 is 21.8 Å². The van der Waals surface area contributed by atoms with E-state index in [1.54, 1.807) is 7.11 Å². The highest BCUT2D eigenvalue weighted by molar-refractivity contribution is 9.10. The number of alkyl halides is 1. The van der Waals surface area contributed by atoms with Crippen LogP contribution in [0.1, 0.15) is 26.7 Å². The summed E-state index contributed by atoms with van der Waals surface area (Å²) in [7, 11) is 1.74. The molecule has 1 rings (SSSR count). The average Bonchev–Trinajstić information content (AvgIpc) is 2.28. The third kappa shape index (κ3) is 3.74. The fourth-order valence-electron chi connectivity index (χ4n) is 2.02. The summed E-state index contributed by atoms with van der Waals surface area (Å²) in [6.07, 6.45) is 2.13. The zero-order valence-electron chi connectivity index (χ0n) is 10.4. The molecule has 1 heterocycles. The van der Waals surface area contributed by atoms with Gasteiger partial charge >= 0.3 is 0 Å². The Balaban J connectivity index is 2.38. The number of halogens is 1. The number of amides is 1. The monoisotopic (exact) mass is 291 g/mol. The number of ether oxygens (including phenoxy) is 1. The Morgan fingerprint density at radius 2 is 2.00 bits per heavy atom. The van der Waals surface area contributed by atoms with E-state index in [9.17, 15) is 4.79 Å². The van der Waals surface area contributed by atoms with Crippen molar-refractivity contribution in [2.45, 2.75) is 31.5 Å². The molecule has 3 nitrogen and oxygen atoms in total. The minimum Gasteiger partial charge on any atom is -0.384 e. The van der Waals surface area contributed by atoms with E-state index in [1.807, 2.05) is 4.90 Å². The van der Waals surface area contributed by atoms with Gasteiger partial charge in [0.25, 0.3) is 0 Å². The first kappa shape index (κ1) is 14.0. The first-order chi connectivity index (χ1) is 7.56. The number of methoxy groups -OCH3 is 1. The first-order valence-corrected chi connectivity index (χ1v) is 6.89. The second kappa shape index (κ2) is 6.60. The van der Waals surface area contributed by atoms with Crippen LogP contribution >= 0.6 is 15.9 Å². The van der Waals surface area contributed by atoms with Crippen LogP contribution in [0.5, 0.6) is 0 Å². The standard InChI is InChI=1S/C12H22BrNO2/c1-9(2)11(13)12(15)14-6-4-10(5-7-14)8-16-3/h9-11H,4-8H2,1-3H3. The number of piperidine rings is 1. The Labute approximate surface area is 107 Å². The van der Waals surface area contributed by atoms with E-state index in [0.717, 1.165) is 32.5 Å². The lowest BCUT2D eigenvalue weighted by atomic mass is 9.97. The fraction of sp³-hybridized carbons (Fsp3) is 0.917. The third-order valence-corrected chi connectivity index (χ3v) is 4.60. The minimum atomic E-state index is -0.0357. The Bertz CT molecular complexity index is 225. The summed E-state index contributed by atoms with van der Waals surface area (Å²) < 4.78 is 5.15. The Hall–Kier alpha value is -0.0900. The highest BCUT2D eigenvalue weighted by Gasteiger charge is 2.28. The largest absolute Gasteiger partial charge is 0.384 e. The van der Waals surface area contributed by atoms with Gasteiger partial charge < -0.3 is 9.64 Å². The SMILES string of the molecule is COCC1CCN(C(=O)C(Br)C(C)C)CC1. The molecule has 0 aromatic heterocycles. The number of carbonyl (C=O) groups is 1. The van der Waals surface area contributed by atoms with Crippen LogP contribution in [0.4, 0.5) is 0 Å². The Morgan fingerprint density at radius 3 is 2.44 bits per heavy atom. The average molecular weight is 292 g/mol. The smallest absolute Gasteiger partial charge is 0.236 e. The van der Waals surface area contributed by atoms with E-state index in [2.05, 4.69) is 29.8 Å². The molecule has 0 saturated carbocycles. The van der Waals surface area contributed by atoms with Crippen molar-refractivity contribution in [3.8, 4) is 0 Å². The summed E-state index contributed by atoms with van der Waals surface area (Å²) in [6.45, 7) is 6.71. The number of hydrogen-bond donors (Lipinski definition) is 0. The highest BCUT2D eigenvalue weighted by atomic mass is 79.9. The van der Waals surface area contributed by atoms with E-state index in [4.69, 9.17) is 4.74 Å². The zero-order chi connectivity index (χ0) is 12.1. The predicted octanol–water partition coefficient (Wildman–Crippen LogP) is 2.29. The zero-order valence-corrected chi connectivity index (χ0v) is 12.0. The Morgan fingerprint density at radius 1 is 1.44 bits per heavy atom. The van der Waals surface area contributed by atoms with Gasteiger partial charge in [-0.2, -0.15) is 0 Å². The van der Waals surface area contributed by atoms with Crippen molar-refractivity contribution in [3.05, 3.63) is 0 Å². The molecule has 4 heteroatoms. The summed E-state index contributed by atoms with van der Waals surface area (Å²) >= 11 is 3.47. The molecule has 94 valence electrons. The highest BCUT2D eigenvalue weighted by Crippen LogP contribution is 2.21. The van der Waals surface area contributed by atoms with Gasteiger partial charge in [-0.1, -0.05) is 29.8 Å². The molecule has 0 aliphatic carbocycles. The van der Waals surface area contributed by atoms with Gasteiger partial charge in [0.1, 0.15) is 0 Å². The molecule has 0 spiro atoms. The number of likely N-dealkylation sites (tertiary alicyclic amines) is 1. The maximum atomic E-state index is 12.1. The lowest BCUT2D eigenvalue weighted by Crippen LogP contribution is -2.44. The van der Waals surface area contributed by atoms with Crippen LogP contribution in [-0.4, -0.2) is 42.4 Å². The van der Waals surface area contributed by atoms with Crippen molar-refractivity contribution in [3.63, 3.8) is 0 Å². The van der Waals surface area contributed by atoms with Crippen molar-refractivity contribution in [1.29, 1.82) is 0 Å². The van der Waals surface area contributed by atoms with Crippen molar-refractivity contribution in [2.75, 3.05) is 26.8 Å². The normalized spacial score (nSPS) is 20.2. The molecule has 1 fully saturated rings. The van der Waals surface area contributed by atoms with E-state index in [1.165, 1.54) is 0 Å². The van der Waals surface area contributed by atoms with Crippen LogP contribution in [0.15, 0.2) is 0 Å². The van der Waals surface area contributed by atoms with Gasteiger partial charge in [-0.25, -0.2) is 0 Å². The molecule has 0 aromatic carbocycles. The lowest BCUT2D eigenvalue weighted by Gasteiger charge is -2.33. The first-order valence-electron chi connectivity index (χ1n) is 5.98. The molecule has 1 aliphatic rings. The minimum absolute atomic E-state index is 0.0357. The van der Waals surface area contributed by atoms with E-state index in [-0.39, 0.29) is 10.7 Å². The number of carbonyl (C=O) groups excluding carboxylic acids is 1. The maximum Gasteiger partial charge on any atom is 0.236 e. The van der Waals surface area contributed by atoms with Crippen LogP contribution in [0.2, 0.25) is 0 Å². The number of rotatable bonds is 4. The van der Waals surface area contributed by atoms with Gasteiger partial charge in [-0.3, -0.25) is 4.79 Å². The summed E-state index contributed by atoms with van der Waals surface area (Å²) in [4.78, 5) is 14.0. The molecule has 1 aliphatic heterocycles. The lowest BCUT2D eigenvalue weighted by molar-refractivity contribution is -0.132. The van der Waals surface area contributed by atoms with Gasteiger partial charge in [0.15, 0.2) is 0 Å². The van der Waals surface area contributed by atoms with Gasteiger partial charge in [0.05, 0.1) is 4.83 Å². The maximum absolute atomic E-state index is 12.1. The molecule has 1 atom stereocenters. The second-order valence-electron chi connectivity index (χ2n) is 4.87. The molecule has 0 aromatic rings. The quantitative estimate of drug-likeness (QED) is 0.744. The van der Waals surface area contributed by atoms with E-state index in [0.29, 0.717) is 11.8 Å². The van der Waals surface area contributed by atoms with Crippen LogP contribution in [0, 0.1) is 11.8 Å². The molecule has 0 bridgehead atoms. The van der Waals surface area contributed by atoms with Crippen LogP contribution in [-0.2, 0) is 9.53 Å². The molecular formula is C12H22BrNO2. The molecule has 1 unspecified atom stereocenters. The summed E-state index contributed by atoms with van der Waals surface area (Å²) in [5.74, 6) is 1.22. The molecular weight excluding hydrogens is 270 g/mol. The number of hydrogen-bond acceptors (Lipinski definition) is 2. The fourth-order valence-corrected chi connectivity index (χ4v) is 2.30. The Kier molecular flexibility index (Phi) is 5.76. The third-order valence-electron chi connectivity index (χ3n) is 3.15. The van der Waals surface area contributed by atoms with Gasteiger partial charge in [0.2, 0.25) is 5.91 Å². The van der Waals surface area contributed by atoms with Crippen molar-refractivity contribution < 1.29 is 9.53 Å². The van der Waals surface area contributed by atoms with Crippen molar-refractivity contribution in [2.24, 2.45) is 11.8 Å². The van der Waals surface area contributed by atoms with Crippen LogP contribution in [0.25, 0.3) is 0 Å². The van der Waals surface area contributed by atoms with E-state index >= 15 is 0 Å². The molecule has 1 saturated heterocycles. The topological polar surface area (TPSA) is 29.5 Å². The number of nitrogens with zero attached hydrogens (tertiary/aromatic N) is 1. The molecule has 16 heavy (non-hydrogen) atoms. The summed E-state index contributed by atoms with van der Waals surface area (Å²) in [5, 5.41) is 0. The summed E-state index contributed by atoms with van der Waals surface area (Å²) in [5.41, 5.74) is 0. The van der Waals surface area contributed by atoms with Gasteiger partial charge in [-0.05, 0) is 24.7 Å². The van der Waals surface area contributed by atoms with Crippen molar-refractivity contribution in [1.82, 2.24) is 4.90 Å². The summed E-state index contributed by atoms with van der Waals surface area (Å²) in [6, 6.07) is 0. The molecule has 0 radical (unpaired) electrons. The molecule has 1 amide bonds.